The van der Waals surface area contributed by atoms with Crippen LogP contribution in [0.15, 0.2) is 30.5 Å². The van der Waals surface area contributed by atoms with Crippen LogP contribution in [0.1, 0.15) is 34.7 Å². The van der Waals surface area contributed by atoms with Gasteiger partial charge in [-0.1, -0.05) is 6.07 Å². The maximum absolute atomic E-state index is 9.83. The van der Waals surface area contributed by atoms with Crippen LogP contribution >= 0.6 is 0 Å². The average Bonchev–Trinajstić information content (AvgIpc) is 2.48. The van der Waals surface area contributed by atoms with Gasteiger partial charge in [-0.2, -0.15) is 0 Å². The molecular weight excluding hydrogens is 252 g/mol. The second-order valence-electron chi connectivity index (χ2n) is 5.58. The van der Waals surface area contributed by atoms with E-state index in [1.54, 1.807) is 12.1 Å². The van der Waals surface area contributed by atoms with Crippen LogP contribution in [0.2, 0.25) is 0 Å². The molecule has 0 radical (unpaired) electrons. The summed E-state index contributed by atoms with van der Waals surface area (Å²) in [5, 5.41) is 23.1. The number of benzene rings is 1. The highest BCUT2D eigenvalue weighted by Crippen LogP contribution is 2.43. The van der Waals surface area contributed by atoms with Gasteiger partial charge in [0.25, 0.3) is 0 Å². The van der Waals surface area contributed by atoms with E-state index in [4.69, 9.17) is 0 Å². The number of hydrogen-bond donors (Lipinski definition) is 3. The number of rotatable bonds is 0. The number of aryl methyl sites for hydroxylation is 1. The summed E-state index contributed by atoms with van der Waals surface area (Å²) < 4.78 is 0. The predicted molar refractivity (Wildman–Crippen MR) is 74.8 cm³/mol. The van der Waals surface area contributed by atoms with Crippen LogP contribution < -0.4 is 5.32 Å². The summed E-state index contributed by atoms with van der Waals surface area (Å²) >= 11 is 0. The lowest BCUT2D eigenvalue weighted by molar-refractivity contribution is 0.377. The van der Waals surface area contributed by atoms with E-state index >= 15 is 0 Å². The van der Waals surface area contributed by atoms with Crippen molar-refractivity contribution in [2.24, 2.45) is 0 Å². The molecule has 2 aromatic rings. The molecule has 102 valence electrons. The summed E-state index contributed by atoms with van der Waals surface area (Å²) in [4.78, 5) is 4.45. The third kappa shape index (κ3) is 1.61. The normalized spacial score (nSPS) is 23.6. The van der Waals surface area contributed by atoms with Crippen LogP contribution in [0.25, 0.3) is 0 Å². The first-order valence-corrected chi connectivity index (χ1v) is 6.96. The Morgan fingerprint density at radius 3 is 2.90 bits per heavy atom. The van der Waals surface area contributed by atoms with E-state index in [1.807, 2.05) is 12.3 Å². The predicted octanol–water partition coefficient (Wildman–Crippen LogP) is 2.04. The lowest BCUT2D eigenvalue weighted by atomic mass is 9.73. The van der Waals surface area contributed by atoms with E-state index in [0.717, 1.165) is 36.2 Å². The Morgan fingerprint density at radius 2 is 2.00 bits per heavy atom. The Hall–Kier alpha value is -2.07. The Kier molecular flexibility index (Phi) is 2.47. The van der Waals surface area contributed by atoms with Crippen molar-refractivity contribution >= 4 is 0 Å². The van der Waals surface area contributed by atoms with E-state index in [0.29, 0.717) is 6.04 Å². The molecule has 20 heavy (non-hydrogen) atoms. The van der Waals surface area contributed by atoms with Gasteiger partial charge in [-0.15, -0.1) is 0 Å². The molecule has 0 saturated heterocycles. The summed E-state index contributed by atoms with van der Waals surface area (Å²) in [5.41, 5.74) is 4.55. The van der Waals surface area contributed by atoms with Gasteiger partial charge >= 0.3 is 0 Å². The topological polar surface area (TPSA) is 65.4 Å². The second kappa shape index (κ2) is 4.21. The molecule has 0 fully saturated rings. The van der Waals surface area contributed by atoms with E-state index in [-0.39, 0.29) is 17.4 Å². The SMILES string of the molecule is Oc1cc2c(cc1O)[C@@H]1c3cccnc3CN[C@H]1CC2. The first kappa shape index (κ1) is 11.7. The highest BCUT2D eigenvalue weighted by Gasteiger charge is 2.35. The summed E-state index contributed by atoms with van der Waals surface area (Å²) in [5.74, 6) is 0.139. The van der Waals surface area contributed by atoms with E-state index < -0.39 is 0 Å². The molecule has 2 atom stereocenters. The van der Waals surface area contributed by atoms with Crippen molar-refractivity contribution in [3.63, 3.8) is 0 Å². The van der Waals surface area contributed by atoms with Crippen molar-refractivity contribution in [2.75, 3.05) is 0 Å². The lowest BCUT2D eigenvalue weighted by Gasteiger charge is -2.39. The maximum atomic E-state index is 9.83. The van der Waals surface area contributed by atoms with Crippen LogP contribution in [-0.2, 0) is 13.0 Å². The van der Waals surface area contributed by atoms with Gasteiger partial charge in [0.2, 0.25) is 0 Å². The zero-order valence-electron chi connectivity index (χ0n) is 11.0. The summed E-state index contributed by atoms with van der Waals surface area (Å²) in [6, 6.07) is 7.88. The van der Waals surface area contributed by atoms with Gasteiger partial charge in [-0.3, -0.25) is 4.98 Å². The Bertz CT molecular complexity index is 684. The molecule has 0 bridgehead atoms. The molecule has 2 heterocycles. The third-order valence-electron chi connectivity index (χ3n) is 4.49. The molecule has 4 nitrogen and oxygen atoms in total. The van der Waals surface area contributed by atoms with Crippen molar-refractivity contribution < 1.29 is 10.2 Å². The van der Waals surface area contributed by atoms with Crippen LogP contribution in [0.5, 0.6) is 11.5 Å². The molecule has 0 amide bonds. The van der Waals surface area contributed by atoms with Crippen molar-refractivity contribution in [3.05, 3.63) is 52.8 Å². The number of aromatic hydroxyl groups is 2. The first-order valence-electron chi connectivity index (χ1n) is 6.96. The smallest absolute Gasteiger partial charge is 0.157 e. The van der Waals surface area contributed by atoms with Gasteiger partial charge in [-0.25, -0.2) is 0 Å². The van der Waals surface area contributed by atoms with E-state index in [2.05, 4.69) is 16.4 Å². The molecule has 1 aromatic carbocycles. The molecule has 2 aliphatic rings. The number of nitrogens with one attached hydrogen (secondary N) is 1. The number of phenolic OH excluding ortho intramolecular Hbond substituents is 2. The number of nitrogens with zero attached hydrogens (tertiary/aromatic N) is 1. The molecule has 1 aliphatic carbocycles. The summed E-state index contributed by atoms with van der Waals surface area (Å²) in [7, 11) is 0. The molecule has 4 rings (SSSR count). The Morgan fingerprint density at radius 1 is 1.15 bits per heavy atom. The number of hydrogen-bond acceptors (Lipinski definition) is 4. The number of pyridine rings is 1. The zero-order valence-corrected chi connectivity index (χ0v) is 11.0. The third-order valence-corrected chi connectivity index (χ3v) is 4.49. The van der Waals surface area contributed by atoms with Gasteiger partial charge in [0.05, 0.1) is 5.69 Å². The minimum atomic E-state index is -0.0413. The van der Waals surface area contributed by atoms with Crippen molar-refractivity contribution in [1.29, 1.82) is 0 Å². The molecular formula is C16H16N2O2. The average molecular weight is 268 g/mol. The Labute approximate surface area is 117 Å². The van der Waals surface area contributed by atoms with Gasteiger partial charge in [0, 0.05) is 24.7 Å². The molecule has 3 N–H and O–H groups in total. The molecule has 1 aromatic heterocycles. The number of aromatic nitrogens is 1. The molecule has 1 aliphatic heterocycles. The fraction of sp³-hybridized carbons (Fsp3) is 0.312. The van der Waals surface area contributed by atoms with Crippen LogP contribution in [0.4, 0.5) is 0 Å². The molecule has 4 heteroatoms. The number of phenols is 2. The molecule has 0 unspecified atom stereocenters. The van der Waals surface area contributed by atoms with Crippen molar-refractivity contribution in [3.8, 4) is 11.5 Å². The van der Waals surface area contributed by atoms with Crippen LogP contribution in [0, 0.1) is 0 Å². The summed E-state index contributed by atoms with van der Waals surface area (Å²) in [6.45, 7) is 0.802. The minimum absolute atomic E-state index is 0.0302. The standard InChI is InChI=1S/C16H16N2O2/c19-14-6-9-3-4-12-16(11(9)7-15(14)20)10-2-1-5-17-13(10)8-18-12/h1-2,5-7,12,16,18-20H,3-4,8H2/t12-,16-/m0/s1. The molecule has 0 spiro atoms. The number of fused-ring (bicyclic) bond motifs is 5. The highest BCUT2D eigenvalue weighted by molar-refractivity contribution is 5.52. The van der Waals surface area contributed by atoms with Gasteiger partial charge < -0.3 is 15.5 Å². The van der Waals surface area contributed by atoms with Gasteiger partial charge in [0.1, 0.15) is 0 Å². The van der Waals surface area contributed by atoms with Crippen LogP contribution in [0.3, 0.4) is 0 Å². The molecule has 0 saturated carbocycles. The minimum Gasteiger partial charge on any atom is -0.504 e. The fourth-order valence-corrected chi connectivity index (χ4v) is 3.55. The monoisotopic (exact) mass is 268 g/mol. The van der Waals surface area contributed by atoms with E-state index in [1.165, 1.54) is 5.56 Å². The maximum Gasteiger partial charge on any atom is 0.157 e. The van der Waals surface area contributed by atoms with Gasteiger partial charge in [0.15, 0.2) is 11.5 Å². The first-order chi connectivity index (χ1) is 9.74. The second-order valence-corrected chi connectivity index (χ2v) is 5.58. The Balaban J connectivity index is 1.92. The largest absolute Gasteiger partial charge is 0.504 e. The van der Waals surface area contributed by atoms with Crippen molar-refractivity contribution in [2.45, 2.75) is 31.3 Å². The van der Waals surface area contributed by atoms with Crippen LogP contribution in [-0.4, -0.2) is 21.2 Å². The lowest BCUT2D eigenvalue weighted by Crippen LogP contribution is -2.43. The zero-order chi connectivity index (χ0) is 13.7. The van der Waals surface area contributed by atoms with Crippen molar-refractivity contribution in [1.82, 2.24) is 10.3 Å². The summed E-state index contributed by atoms with van der Waals surface area (Å²) in [6.07, 6.45) is 3.78. The quantitative estimate of drug-likeness (QED) is 0.640. The van der Waals surface area contributed by atoms with Gasteiger partial charge in [-0.05, 0) is 47.7 Å². The fourth-order valence-electron chi connectivity index (χ4n) is 3.55. The highest BCUT2D eigenvalue weighted by atomic mass is 16.3. The van der Waals surface area contributed by atoms with E-state index in [9.17, 15) is 10.2 Å².